The standard InChI is InChI=1S/C13H20IN3O3/c1-13(2,3)20-12(18)16-11-10(14)6-15-17(11)7-9-4-5-19-8-9/h6,9H,4-5,7-8H2,1-3H3,(H,16,18). The highest BCUT2D eigenvalue weighted by Gasteiger charge is 2.22. The van der Waals surface area contributed by atoms with Gasteiger partial charge in [-0.15, -0.1) is 0 Å². The van der Waals surface area contributed by atoms with Crippen LogP contribution < -0.4 is 5.32 Å². The van der Waals surface area contributed by atoms with E-state index in [2.05, 4.69) is 33.0 Å². The normalized spacial score (nSPS) is 19.1. The van der Waals surface area contributed by atoms with Crippen LogP contribution in [0.15, 0.2) is 6.20 Å². The van der Waals surface area contributed by atoms with Crippen molar-refractivity contribution in [1.82, 2.24) is 9.78 Å². The Morgan fingerprint density at radius 1 is 1.65 bits per heavy atom. The van der Waals surface area contributed by atoms with Gasteiger partial charge in [0.05, 0.1) is 16.4 Å². The summed E-state index contributed by atoms with van der Waals surface area (Å²) < 4.78 is 13.3. The van der Waals surface area contributed by atoms with Gasteiger partial charge in [0, 0.05) is 19.1 Å². The van der Waals surface area contributed by atoms with E-state index in [9.17, 15) is 4.79 Å². The molecule has 0 spiro atoms. The van der Waals surface area contributed by atoms with E-state index in [4.69, 9.17) is 9.47 Å². The molecule has 1 N–H and O–H groups in total. The summed E-state index contributed by atoms with van der Waals surface area (Å²) in [5.74, 6) is 1.14. The van der Waals surface area contributed by atoms with Gasteiger partial charge in [-0.1, -0.05) is 0 Å². The van der Waals surface area contributed by atoms with E-state index in [1.807, 2.05) is 25.5 Å². The summed E-state index contributed by atoms with van der Waals surface area (Å²) in [6.07, 6.45) is 2.31. The lowest BCUT2D eigenvalue weighted by Gasteiger charge is -2.20. The summed E-state index contributed by atoms with van der Waals surface area (Å²) in [5.41, 5.74) is -0.514. The van der Waals surface area contributed by atoms with Crippen molar-refractivity contribution in [2.45, 2.75) is 39.3 Å². The first-order chi connectivity index (χ1) is 9.35. The zero-order valence-corrected chi connectivity index (χ0v) is 14.1. The molecule has 1 unspecified atom stereocenters. The number of anilines is 1. The van der Waals surface area contributed by atoms with Crippen LogP contribution in [-0.2, 0) is 16.0 Å². The molecular weight excluding hydrogens is 373 g/mol. The molecule has 0 bridgehead atoms. The van der Waals surface area contributed by atoms with Crippen LogP contribution in [-0.4, -0.2) is 34.7 Å². The monoisotopic (exact) mass is 393 g/mol. The number of hydrogen-bond donors (Lipinski definition) is 1. The Hall–Kier alpha value is -0.830. The second-order valence-corrected chi connectivity index (χ2v) is 7.04. The average Bonchev–Trinajstić information content (AvgIpc) is 2.91. The second kappa shape index (κ2) is 6.30. The van der Waals surface area contributed by atoms with Crippen LogP contribution in [0.4, 0.5) is 10.6 Å². The molecule has 2 rings (SSSR count). The topological polar surface area (TPSA) is 65.4 Å². The fraction of sp³-hybridized carbons (Fsp3) is 0.692. The van der Waals surface area contributed by atoms with E-state index in [1.54, 1.807) is 6.20 Å². The molecular formula is C13H20IN3O3. The van der Waals surface area contributed by atoms with E-state index in [-0.39, 0.29) is 0 Å². The van der Waals surface area contributed by atoms with Gasteiger partial charge in [0.15, 0.2) is 0 Å². The molecule has 1 atom stereocenters. The first-order valence-electron chi connectivity index (χ1n) is 6.64. The fourth-order valence-corrected chi connectivity index (χ4v) is 2.54. The minimum absolute atomic E-state index is 0.449. The maximum atomic E-state index is 11.9. The lowest BCUT2D eigenvalue weighted by atomic mass is 10.1. The number of ether oxygens (including phenoxy) is 2. The summed E-state index contributed by atoms with van der Waals surface area (Å²) in [6, 6.07) is 0. The molecule has 7 heteroatoms. The molecule has 0 aromatic carbocycles. The Labute approximate surface area is 132 Å². The number of nitrogens with zero attached hydrogens (tertiary/aromatic N) is 2. The number of hydrogen-bond acceptors (Lipinski definition) is 4. The molecule has 1 amide bonds. The van der Waals surface area contributed by atoms with Gasteiger partial charge in [-0.05, 0) is 49.8 Å². The van der Waals surface area contributed by atoms with E-state index >= 15 is 0 Å². The molecule has 1 fully saturated rings. The number of carbonyl (C=O) groups is 1. The minimum atomic E-state index is -0.514. The van der Waals surface area contributed by atoms with Crippen molar-refractivity contribution in [3.63, 3.8) is 0 Å². The van der Waals surface area contributed by atoms with Crippen LogP contribution in [0.5, 0.6) is 0 Å². The van der Waals surface area contributed by atoms with Gasteiger partial charge in [-0.2, -0.15) is 5.10 Å². The molecule has 1 saturated heterocycles. The Morgan fingerprint density at radius 2 is 2.40 bits per heavy atom. The van der Waals surface area contributed by atoms with Crippen molar-refractivity contribution in [1.29, 1.82) is 0 Å². The highest BCUT2D eigenvalue weighted by Crippen LogP contribution is 2.22. The van der Waals surface area contributed by atoms with Gasteiger partial charge >= 0.3 is 6.09 Å². The number of halogens is 1. The van der Waals surface area contributed by atoms with Gasteiger partial charge in [0.1, 0.15) is 11.4 Å². The molecule has 0 radical (unpaired) electrons. The number of amides is 1. The van der Waals surface area contributed by atoms with Crippen LogP contribution in [0.2, 0.25) is 0 Å². The minimum Gasteiger partial charge on any atom is -0.444 e. The van der Waals surface area contributed by atoms with E-state index < -0.39 is 11.7 Å². The second-order valence-electron chi connectivity index (χ2n) is 5.88. The van der Waals surface area contributed by atoms with Crippen LogP contribution in [0.3, 0.4) is 0 Å². The van der Waals surface area contributed by atoms with Crippen molar-refractivity contribution in [3.05, 3.63) is 9.77 Å². The van der Waals surface area contributed by atoms with Gasteiger partial charge in [0.2, 0.25) is 0 Å². The zero-order valence-electron chi connectivity index (χ0n) is 12.0. The van der Waals surface area contributed by atoms with Crippen molar-refractivity contribution in [2.75, 3.05) is 18.5 Å². The van der Waals surface area contributed by atoms with Crippen molar-refractivity contribution in [3.8, 4) is 0 Å². The van der Waals surface area contributed by atoms with Gasteiger partial charge in [0.25, 0.3) is 0 Å². The largest absolute Gasteiger partial charge is 0.444 e. The summed E-state index contributed by atoms with van der Waals surface area (Å²) in [6.45, 7) is 7.81. The first kappa shape index (κ1) is 15.6. The third kappa shape index (κ3) is 4.34. The van der Waals surface area contributed by atoms with Crippen LogP contribution in [0.25, 0.3) is 0 Å². The highest BCUT2D eigenvalue weighted by atomic mass is 127. The van der Waals surface area contributed by atoms with Crippen molar-refractivity contribution in [2.24, 2.45) is 5.92 Å². The van der Waals surface area contributed by atoms with Gasteiger partial charge in [-0.3, -0.25) is 5.32 Å². The summed E-state index contributed by atoms with van der Waals surface area (Å²) in [7, 11) is 0. The van der Waals surface area contributed by atoms with E-state index in [0.717, 1.165) is 29.7 Å². The zero-order chi connectivity index (χ0) is 14.8. The molecule has 1 aromatic rings. The molecule has 6 nitrogen and oxygen atoms in total. The molecule has 0 saturated carbocycles. The summed E-state index contributed by atoms with van der Waals surface area (Å²) >= 11 is 2.15. The molecule has 20 heavy (non-hydrogen) atoms. The Balaban J connectivity index is 2.03. The number of aromatic nitrogens is 2. The molecule has 1 aliphatic heterocycles. The number of carbonyl (C=O) groups excluding carboxylic acids is 1. The molecule has 2 heterocycles. The lowest BCUT2D eigenvalue weighted by Crippen LogP contribution is -2.28. The fourth-order valence-electron chi connectivity index (χ4n) is 2.00. The highest BCUT2D eigenvalue weighted by molar-refractivity contribution is 14.1. The van der Waals surface area contributed by atoms with Crippen LogP contribution >= 0.6 is 22.6 Å². The molecule has 112 valence electrons. The number of nitrogens with one attached hydrogen (secondary N) is 1. The summed E-state index contributed by atoms with van der Waals surface area (Å²) in [5, 5.41) is 7.09. The van der Waals surface area contributed by atoms with Crippen molar-refractivity contribution < 1.29 is 14.3 Å². The first-order valence-corrected chi connectivity index (χ1v) is 7.72. The summed E-state index contributed by atoms with van der Waals surface area (Å²) in [4.78, 5) is 11.9. The van der Waals surface area contributed by atoms with E-state index in [1.165, 1.54) is 0 Å². The van der Waals surface area contributed by atoms with Crippen LogP contribution in [0.1, 0.15) is 27.2 Å². The SMILES string of the molecule is CC(C)(C)OC(=O)Nc1c(I)cnn1CC1CCOC1. The Bertz CT molecular complexity index is 476. The third-order valence-corrected chi connectivity index (χ3v) is 3.66. The molecule has 1 aliphatic rings. The maximum absolute atomic E-state index is 11.9. The number of rotatable bonds is 3. The van der Waals surface area contributed by atoms with E-state index in [0.29, 0.717) is 11.7 Å². The average molecular weight is 393 g/mol. The predicted octanol–water partition coefficient (Wildman–Crippen LogP) is 2.87. The Morgan fingerprint density at radius 3 is 3.00 bits per heavy atom. The third-order valence-electron chi connectivity index (χ3n) is 2.87. The Kier molecular flexibility index (Phi) is 4.90. The van der Waals surface area contributed by atoms with Gasteiger partial charge < -0.3 is 9.47 Å². The maximum Gasteiger partial charge on any atom is 0.413 e. The molecule has 1 aromatic heterocycles. The predicted molar refractivity (Wildman–Crippen MR) is 83.7 cm³/mol. The quantitative estimate of drug-likeness (QED) is 0.803. The smallest absolute Gasteiger partial charge is 0.413 e. The van der Waals surface area contributed by atoms with Crippen molar-refractivity contribution >= 4 is 34.5 Å². The lowest BCUT2D eigenvalue weighted by molar-refractivity contribution is 0.0634. The molecule has 0 aliphatic carbocycles. The van der Waals surface area contributed by atoms with Gasteiger partial charge in [-0.25, -0.2) is 9.48 Å². The van der Waals surface area contributed by atoms with Crippen LogP contribution in [0, 0.1) is 9.49 Å².